The summed E-state index contributed by atoms with van der Waals surface area (Å²) in [6, 6.07) is 15.7. The van der Waals surface area contributed by atoms with E-state index >= 15 is 0 Å². The first-order chi connectivity index (χ1) is 14.8. The monoisotopic (exact) mass is 471 g/mol. The van der Waals surface area contributed by atoms with E-state index in [-0.39, 0.29) is 18.3 Å². The highest BCUT2D eigenvalue weighted by Gasteiger charge is 2.42. The quantitative estimate of drug-likeness (QED) is 0.533. The van der Waals surface area contributed by atoms with Crippen molar-refractivity contribution in [3.63, 3.8) is 0 Å². The lowest BCUT2D eigenvalue weighted by atomic mass is 9.88. The minimum atomic E-state index is -0.146. The maximum Gasteiger partial charge on any atom is 0.272 e. The summed E-state index contributed by atoms with van der Waals surface area (Å²) >= 11 is 6.05. The number of quaternary nitrogens is 1. The van der Waals surface area contributed by atoms with Crippen LogP contribution < -0.4 is 17.7 Å². The number of fused-ring (bicyclic) bond motifs is 3. The lowest BCUT2D eigenvalue weighted by Gasteiger charge is -2.35. The molecule has 0 spiro atoms. The van der Waals surface area contributed by atoms with Gasteiger partial charge in [-0.1, -0.05) is 30.2 Å². The maximum absolute atomic E-state index is 12.7. The van der Waals surface area contributed by atoms with E-state index in [2.05, 4.69) is 36.5 Å². The van der Waals surface area contributed by atoms with Gasteiger partial charge in [-0.3, -0.25) is 4.79 Å². The molecule has 2 saturated carbocycles. The van der Waals surface area contributed by atoms with Crippen LogP contribution in [0.3, 0.4) is 0 Å². The smallest absolute Gasteiger partial charge is 0.272 e. The average Bonchev–Trinajstić information content (AvgIpc) is 3.43. The third-order valence-electron chi connectivity index (χ3n) is 7.26. The minimum absolute atomic E-state index is 0. The molecular weight excluding hydrogens is 441 g/mol. The van der Waals surface area contributed by atoms with Crippen LogP contribution in [-0.4, -0.2) is 36.0 Å². The molecule has 2 aliphatic carbocycles. The maximum atomic E-state index is 12.7. The van der Waals surface area contributed by atoms with Crippen LogP contribution in [0.2, 0.25) is 5.02 Å². The van der Waals surface area contributed by atoms with Gasteiger partial charge in [0.15, 0.2) is 0 Å². The van der Waals surface area contributed by atoms with Gasteiger partial charge in [-0.25, -0.2) is 0 Å². The van der Waals surface area contributed by atoms with Crippen LogP contribution in [0.4, 0.5) is 5.69 Å². The highest BCUT2D eigenvalue weighted by atomic mass is 35.5. The minimum Gasteiger partial charge on any atom is -1.00 e. The number of rotatable bonds is 6. The van der Waals surface area contributed by atoms with Crippen molar-refractivity contribution < 1.29 is 21.7 Å². The SMILES string of the molecule is C[N+](C)(Cc1ccc(NC(=O)c2cc3cc(Cl)ccc3[nH]2)cc1)CC1CC2CCC1C2.[Cl-]. The zero-order chi connectivity index (χ0) is 21.6. The first kappa shape index (κ1) is 23.2. The number of nitrogens with one attached hydrogen (secondary N) is 2. The summed E-state index contributed by atoms with van der Waals surface area (Å²) in [5.41, 5.74) is 3.56. The molecule has 1 amide bonds. The van der Waals surface area contributed by atoms with E-state index in [1.54, 1.807) is 0 Å². The predicted octanol–water partition coefficient (Wildman–Crippen LogP) is 3.09. The third kappa shape index (κ3) is 4.98. The number of anilines is 1. The van der Waals surface area contributed by atoms with E-state index in [9.17, 15) is 4.79 Å². The third-order valence-corrected chi connectivity index (χ3v) is 7.50. The fourth-order valence-electron chi connectivity index (χ4n) is 5.91. The van der Waals surface area contributed by atoms with Crippen LogP contribution in [0.15, 0.2) is 48.5 Å². The Hall–Kier alpha value is -2.01. The Balaban J connectivity index is 0.00000245. The molecule has 3 atom stereocenters. The van der Waals surface area contributed by atoms with Crippen LogP contribution in [-0.2, 0) is 6.54 Å². The molecular formula is C26H31Cl2N3O. The summed E-state index contributed by atoms with van der Waals surface area (Å²) in [6.45, 7) is 2.29. The number of H-pyrrole nitrogens is 1. The Kier molecular flexibility index (Phi) is 6.58. The summed E-state index contributed by atoms with van der Waals surface area (Å²) in [5.74, 6) is 2.73. The number of benzene rings is 2. The topological polar surface area (TPSA) is 44.9 Å². The molecule has 0 aliphatic heterocycles. The van der Waals surface area contributed by atoms with E-state index in [0.717, 1.165) is 45.4 Å². The number of aromatic nitrogens is 1. The molecule has 170 valence electrons. The van der Waals surface area contributed by atoms with Crippen molar-refractivity contribution in [1.29, 1.82) is 0 Å². The van der Waals surface area contributed by atoms with Gasteiger partial charge >= 0.3 is 0 Å². The summed E-state index contributed by atoms with van der Waals surface area (Å²) in [5, 5.41) is 4.59. The molecule has 2 bridgehead atoms. The second-order valence-corrected chi connectivity index (χ2v) is 10.7. The highest BCUT2D eigenvalue weighted by molar-refractivity contribution is 6.31. The van der Waals surface area contributed by atoms with Crippen molar-refractivity contribution in [2.24, 2.45) is 17.8 Å². The van der Waals surface area contributed by atoms with Gasteiger partial charge in [-0.15, -0.1) is 0 Å². The van der Waals surface area contributed by atoms with Gasteiger partial charge in [0, 0.05) is 33.1 Å². The zero-order valence-corrected chi connectivity index (χ0v) is 20.2. The molecule has 3 aromatic rings. The Labute approximate surface area is 201 Å². The van der Waals surface area contributed by atoms with Crippen molar-refractivity contribution in [1.82, 2.24) is 4.98 Å². The molecule has 2 N–H and O–H groups in total. The van der Waals surface area contributed by atoms with Crippen molar-refractivity contribution >= 4 is 34.1 Å². The van der Waals surface area contributed by atoms with Gasteiger partial charge in [0.05, 0.1) is 20.6 Å². The molecule has 1 aromatic heterocycles. The number of amides is 1. The Morgan fingerprint density at radius 1 is 1.09 bits per heavy atom. The summed E-state index contributed by atoms with van der Waals surface area (Å²) in [4.78, 5) is 15.8. The lowest BCUT2D eigenvalue weighted by Crippen LogP contribution is -3.00. The molecule has 2 aromatic carbocycles. The van der Waals surface area contributed by atoms with E-state index in [1.165, 1.54) is 37.8 Å². The Morgan fingerprint density at radius 2 is 1.88 bits per heavy atom. The molecule has 6 heteroatoms. The van der Waals surface area contributed by atoms with E-state index in [1.807, 2.05) is 36.4 Å². The van der Waals surface area contributed by atoms with Crippen molar-refractivity contribution in [2.75, 3.05) is 26.0 Å². The second kappa shape index (κ2) is 9.09. The van der Waals surface area contributed by atoms with Gasteiger partial charge in [-0.05, 0) is 67.5 Å². The lowest BCUT2D eigenvalue weighted by molar-refractivity contribution is -0.907. The number of carbonyl (C=O) groups excluding carboxylic acids is 1. The number of halogens is 2. The van der Waals surface area contributed by atoms with Crippen molar-refractivity contribution in [2.45, 2.75) is 32.2 Å². The van der Waals surface area contributed by atoms with Gasteiger partial charge in [0.2, 0.25) is 0 Å². The standard InChI is InChI=1S/C26H30ClN3O.ClH/c1-30(2,16-21-12-18-3-6-19(21)11-18)15-17-4-8-23(9-5-17)28-26(31)25-14-20-13-22(27)7-10-24(20)29-25;/h4-5,7-10,13-14,18-19,21H,3,6,11-12,15-16H2,1-2H3,(H-,28,29,31);1H. The number of hydrogen-bond acceptors (Lipinski definition) is 1. The van der Waals surface area contributed by atoms with Crippen LogP contribution in [0.25, 0.3) is 10.9 Å². The van der Waals surface area contributed by atoms with E-state index in [0.29, 0.717) is 10.7 Å². The second-order valence-electron chi connectivity index (χ2n) is 10.3. The van der Waals surface area contributed by atoms with Crippen LogP contribution in [0.1, 0.15) is 41.7 Å². The number of carbonyl (C=O) groups is 1. The predicted molar refractivity (Wildman–Crippen MR) is 127 cm³/mol. The van der Waals surface area contributed by atoms with E-state index < -0.39 is 0 Å². The fourth-order valence-corrected chi connectivity index (χ4v) is 6.09. The molecule has 5 rings (SSSR count). The van der Waals surface area contributed by atoms with Crippen LogP contribution in [0.5, 0.6) is 0 Å². The van der Waals surface area contributed by atoms with Crippen molar-refractivity contribution in [3.8, 4) is 0 Å². The summed E-state index contributed by atoms with van der Waals surface area (Å²) in [7, 11) is 4.70. The Bertz CT molecular complexity index is 1110. The van der Waals surface area contributed by atoms with Crippen LogP contribution >= 0.6 is 11.6 Å². The number of nitrogens with zero attached hydrogens (tertiary/aromatic N) is 1. The first-order valence-electron chi connectivity index (χ1n) is 11.4. The number of aromatic amines is 1. The van der Waals surface area contributed by atoms with Crippen molar-refractivity contribution in [3.05, 3.63) is 64.8 Å². The summed E-state index contributed by atoms with van der Waals surface area (Å²) in [6.07, 6.45) is 5.83. The molecule has 0 radical (unpaired) electrons. The molecule has 3 unspecified atom stereocenters. The normalized spacial score (nSPS) is 22.2. The zero-order valence-electron chi connectivity index (χ0n) is 18.7. The van der Waals surface area contributed by atoms with E-state index in [4.69, 9.17) is 11.6 Å². The molecule has 2 aliphatic rings. The molecule has 1 heterocycles. The largest absolute Gasteiger partial charge is 1.00 e. The highest BCUT2D eigenvalue weighted by Crippen LogP contribution is 2.48. The number of hydrogen-bond donors (Lipinski definition) is 2. The van der Waals surface area contributed by atoms with Gasteiger partial charge in [0.1, 0.15) is 12.2 Å². The Morgan fingerprint density at radius 3 is 2.56 bits per heavy atom. The van der Waals surface area contributed by atoms with Gasteiger partial charge in [0.25, 0.3) is 5.91 Å². The fraction of sp³-hybridized carbons (Fsp3) is 0.423. The average molecular weight is 472 g/mol. The first-order valence-corrected chi connectivity index (χ1v) is 11.7. The van der Waals surface area contributed by atoms with Gasteiger partial charge in [-0.2, -0.15) is 0 Å². The molecule has 2 fully saturated rings. The molecule has 32 heavy (non-hydrogen) atoms. The molecule has 4 nitrogen and oxygen atoms in total. The van der Waals surface area contributed by atoms with Crippen LogP contribution in [0, 0.1) is 17.8 Å². The molecule has 0 saturated heterocycles. The van der Waals surface area contributed by atoms with Gasteiger partial charge < -0.3 is 27.2 Å². The summed E-state index contributed by atoms with van der Waals surface area (Å²) < 4.78 is 1.03.